The van der Waals surface area contributed by atoms with E-state index in [2.05, 4.69) is 20.9 Å². The van der Waals surface area contributed by atoms with Crippen LogP contribution < -0.4 is 5.32 Å². The predicted molar refractivity (Wildman–Crippen MR) is 108 cm³/mol. The number of hydrogen-bond donors (Lipinski definition) is 3. The van der Waals surface area contributed by atoms with Crippen LogP contribution in [-0.2, 0) is 16.6 Å². The monoisotopic (exact) mass is 399 g/mol. The van der Waals surface area contributed by atoms with Crippen molar-refractivity contribution in [1.82, 2.24) is 14.8 Å². The van der Waals surface area contributed by atoms with Crippen molar-refractivity contribution in [3.63, 3.8) is 0 Å². The number of piperidine rings is 3. The maximum Gasteiger partial charge on any atom is 0.328 e. The molecule has 4 heterocycles. The normalized spacial score (nSPS) is 22.9. The van der Waals surface area contributed by atoms with Crippen molar-refractivity contribution in [3.8, 4) is 0 Å². The summed E-state index contributed by atoms with van der Waals surface area (Å²) in [4.78, 5) is 34.1. The standard InChI is InChI=1S/C17H21N3O.C4H4O4/c1-19-7-4-13-10-14(2-3-16(13)19)17(21)18-15-11-20-8-5-12(15)6-9-20;5-3(6)1-2-4(7)8/h2-4,7,10,12,15H,5-6,8-9,11H2,1H3,(H,18,21);1-2H,(H,5,6)(H,7,8)/b;2-1+/t15-;/m0./s1. The Morgan fingerprint density at radius 3 is 2.28 bits per heavy atom. The van der Waals surface area contributed by atoms with E-state index in [4.69, 9.17) is 10.2 Å². The highest BCUT2D eigenvalue weighted by Gasteiger charge is 2.34. The van der Waals surface area contributed by atoms with E-state index in [0.29, 0.717) is 24.1 Å². The number of aryl methyl sites for hydroxylation is 1. The number of hydrogen-bond acceptors (Lipinski definition) is 4. The van der Waals surface area contributed by atoms with Crippen molar-refractivity contribution in [1.29, 1.82) is 0 Å². The van der Waals surface area contributed by atoms with Crippen LogP contribution in [0.4, 0.5) is 0 Å². The number of rotatable bonds is 4. The first-order valence-electron chi connectivity index (χ1n) is 9.55. The molecule has 3 aliphatic heterocycles. The van der Waals surface area contributed by atoms with E-state index in [-0.39, 0.29) is 5.91 Å². The van der Waals surface area contributed by atoms with E-state index in [0.717, 1.165) is 23.0 Å². The molecule has 3 aliphatic rings. The molecule has 8 nitrogen and oxygen atoms in total. The Morgan fingerprint density at radius 1 is 1.07 bits per heavy atom. The summed E-state index contributed by atoms with van der Waals surface area (Å²) in [5.74, 6) is -1.78. The van der Waals surface area contributed by atoms with Gasteiger partial charge in [0, 0.05) is 54.4 Å². The van der Waals surface area contributed by atoms with Gasteiger partial charge >= 0.3 is 11.9 Å². The average Bonchev–Trinajstić information content (AvgIpc) is 3.08. The molecule has 1 amide bonds. The molecule has 5 rings (SSSR count). The zero-order valence-corrected chi connectivity index (χ0v) is 16.2. The maximum absolute atomic E-state index is 12.5. The van der Waals surface area contributed by atoms with Gasteiger partial charge in [-0.2, -0.15) is 0 Å². The Morgan fingerprint density at radius 2 is 1.72 bits per heavy atom. The van der Waals surface area contributed by atoms with Crippen LogP contribution in [-0.4, -0.2) is 63.2 Å². The molecule has 0 unspecified atom stereocenters. The summed E-state index contributed by atoms with van der Waals surface area (Å²) in [5.41, 5.74) is 1.93. The average molecular weight is 399 g/mol. The SMILES string of the molecule is Cn1ccc2cc(C(=O)N[C@H]3CN4CCC3CC4)ccc21.O=C(O)/C=C/C(=O)O. The van der Waals surface area contributed by atoms with E-state index < -0.39 is 11.9 Å². The fourth-order valence-electron chi connectivity index (χ4n) is 3.95. The highest BCUT2D eigenvalue weighted by Crippen LogP contribution is 2.27. The lowest BCUT2D eigenvalue weighted by molar-refractivity contribution is -0.134. The summed E-state index contributed by atoms with van der Waals surface area (Å²) in [7, 11) is 2.02. The largest absolute Gasteiger partial charge is 0.478 e. The molecule has 2 aromatic rings. The van der Waals surface area contributed by atoms with Gasteiger partial charge in [0.05, 0.1) is 0 Å². The smallest absolute Gasteiger partial charge is 0.328 e. The Balaban J connectivity index is 0.000000258. The Hall–Kier alpha value is -3.13. The highest BCUT2D eigenvalue weighted by atomic mass is 16.4. The van der Waals surface area contributed by atoms with Gasteiger partial charge in [0.15, 0.2) is 0 Å². The number of carboxylic acid groups (broad SMARTS) is 2. The molecule has 1 atom stereocenters. The van der Waals surface area contributed by atoms with E-state index in [1.165, 1.54) is 25.9 Å². The summed E-state index contributed by atoms with van der Waals surface area (Å²) < 4.78 is 2.07. The molecule has 0 aliphatic carbocycles. The van der Waals surface area contributed by atoms with E-state index in [9.17, 15) is 14.4 Å². The van der Waals surface area contributed by atoms with Crippen molar-refractivity contribution >= 4 is 28.7 Å². The number of benzene rings is 1. The van der Waals surface area contributed by atoms with Gasteiger partial charge < -0.3 is 25.0 Å². The second kappa shape index (κ2) is 8.91. The molecule has 3 N–H and O–H groups in total. The molecule has 0 saturated carbocycles. The quantitative estimate of drug-likeness (QED) is 0.675. The molecule has 0 radical (unpaired) electrons. The summed E-state index contributed by atoms with van der Waals surface area (Å²) >= 11 is 0. The van der Waals surface area contributed by atoms with Crippen LogP contribution in [0.25, 0.3) is 10.9 Å². The van der Waals surface area contributed by atoms with Gasteiger partial charge in [0.25, 0.3) is 5.91 Å². The molecular weight excluding hydrogens is 374 g/mol. The molecule has 3 fully saturated rings. The van der Waals surface area contributed by atoms with Crippen molar-refractivity contribution in [2.45, 2.75) is 18.9 Å². The topological polar surface area (TPSA) is 112 Å². The lowest BCUT2D eigenvalue weighted by Crippen LogP contribution is -2.57. The van der Waals surface area contributed by atoms with Crippen molar-refractivity contribution in [2.75, 3.05) is 19.6 Å². The number of aromatic nitrogens is 1. The van der Waals surface area contributed by atoms with Gasteiger partial charge in [-0.05, 0) is 56.1 Å². The van der Waals surface area contributed by atoms with E-state index >= 15 is 0 Å². The minimum atomic E-state index is -1.26. The molecule has 154 valence electrons. The second-order valence-corrected chi connectivity index (χ2v) is 7.43. The Bertz CT molecular complexity index is 925. The number of amides is 1. The number of carbonyl (C=O) groups is 3. The minimum absolute atomic E-state index is 0.0690. The number of aliphatic carboxylic acids is 2. The molecule has 3 saturated heterocycles. The third-order valence-electron chi connectivity index (χ3n) is 5.49. The molecule has 1 aromatic heterocycles. The van der Waals surface area contributed by atoms with Crippen LogP contribution in [0.3, 0.4) is 0 Å². The lowest BCUT2D eigenvalue weighted by atomic mass is 9.84. The Kier molecular flexibility index (Phi) is 6.33. The van der Waals surface area contributed by atoms with Gasteiger partial charge in [-0.15, -0.1) is 0 Å². The van der Waals surface area contributed by atoms with E-state index in [1.54, 1.807) is 0 Å². The summed E-state index contributed by atoms with van der Waals surface area (Å²) in [6, 6.07) is 8.33. The number of nitrogens with one attached hydrogen (secondary N) is 1. The maximum atomic E-state index is 12.5. The fraction of sp³-hybridized carbons (Fsp3) is 0.381. The lowest BCUT2D eigenvalue weighted by Gasteiger charge is -2.44. The van der Waals surface area contributed by atoms with E-state index in [1.807, 2.05) is 31.4 Å². The zero-order chi connectivity index (χ0) is 21.0. The number of carboxylic acids is 2. The number of carbonyl (C=O) groups excluding carboxylic acids is 1. The molecule has 2 bridgehead atoms. The highest BCUT2D eigenvalue weighted by molar-refractivity contribution is 5.98. The van der Waals surface area contributed by atoms with Gasteiger partial charge in [0.1, 0.15) is 0 Å². The molecule has 1 aromatic carbocycles. The van der Waals surface area contributed by atoms with Crippen molar-refractivity contribution < 1.29 is 24.6 Å². The molecule has 0 spiro atoms. The molecular formula is C21H25N3O5. The first-order chi connectivity index (χ1) is 13.8. The van der Waals surface area contributed by atoms with Crippen LogP contribution >= 0.6 is 0 Å². The van der Waals surface area contributed by atoms with Crippen LogP contribution in [0, 0.1) is 5.92 Å². The van der Waals surface area contributed by atoms with Gasteiger partial charge in [-0.3, -0.25) is 4.79 Å². The summed E-state index contributed by atoms with van der Waals surface area (Å²) in [6.07, 6.45) is 5.59. The minimum Gasteiger partial charge on any atom is -0.478 e. The van der Waals surface area contributed by atoms with Crippen LogP contribution in [0.15, 0.2) is 42.6 Å². The van der Waals surface area contributed by atoms with Crippen molar-refractivity contribution in [3.05, 3.63) is 48.2 Å². The first kappa shape index (κ1) is 20.6. The third-order valence-corrected chi connectivity index (χ3v) is 5.49. The van der Waals surface area contributed by atoms with Crippen LogP contribution in [0.1, 0.15) is 23.2 Å². The number of fused-ring (bicyclic) bond motifs is 4. The molecule has 29 heavy (non-hydrogen) atoms. The van der Waals surface area contributed by atoms with Gasteiger partial charge in [-0.1, -0.05) is 0 Å². The second-order valence-electron chi connectivity index (χ2n) is 7.43. The summed E-state index contributed by atoms with van der Waals surface area (Å²) in [6.45, 7) is 3.42. The van der Waals surface area contributed by atoms with Gasteiger partial charge in [-0.25, -0.2) is 9.59 Å². The molecule has 8 heteroatoms. The third kappa shape index (κ3) is 5.23. The fourth-order valence-corrected chi connectivity index (χ4v) is 3.95. The predicted octanol–water partition coefficient (Wildman–Crippen LogP) is 1.71. The number of nitrogens with zero attached hydrogens (tertiary/aromatic N) is 2. The van der Waals surface area contributed by atoms with Gasteiger partial charge in [0.2, 0.25) is 0 Å². The Labute approximate surface area is 168 Å². The van der Waals surface area contributed by atoms with Crippen LogP contribution in [0.5, 0.6) is 0 Å². The van der Waals surface area contributed by atoms with Crippen molar-refractivity contribution in [2.24, 2.45) is 13.0 Å². The summed E-state index contributed by atoms with van der Waals surface area (Å²) in [5, 5.41) is 20.0. The van der Waals surface area contributed by atoms with Crippen LogP contribution in [0.2, 0.25) is 0 Å². The first-order valence-corrected chi connectivity index (χ1v) is 9.55. The zero-order valence-electron chi connectivity index (χ0n) is 16.2.